The number of carbonyl (C=O) groups is 1. The summed E-state index contributed by atoms with van der Waals surface area (Å²) >= 11 is 0. The molecule has 2 aromatic rings. The number of amides is 1. The number of ether oxygens (including phenoxy) is 2. The molecular weight excluding hydrogens is 394 g/mol. The SMILES string of the molecule is CC1(OC(=O)N2CCC(C3C[C@H]3CCOc3ccc(-n4cnnn4)cc3)CC2)CCC1. The Bertz CT molecular complexity index is 873. The second-order valence-electron chi connectivity index (χ2n) is 9.54. The molecule has 0 spiro atoms. The maximum atomic E-state index is 12.4. The van der Waals surface area contributed by atoms with E-state index in [-0.39, 0.29) is 11.7 Å². The number of likely N-dealkylation sites (tertiary alicyclic amines) is 1. The van der Waals surface area contributed by atoms with Crippen LogP contribution in [0.1, 0.15) is 51.9 Å². The quantitative estimate of drug-likeness (QED) is 0.670. The van der Waals surface area contributed by atoms with Crippen LogP contribution in [0.3, 0.4) is 0 Å². The van der Waals surface area contributed by atoms with Crippen molar-refractivity contribution in [2.45, 2.75) is 57.5 Å². The molecule has 166 valence electrons. The number of hydrogen-bond donors (Lipinski definition) is 0. The highest BCUT2D eigenvalue weighted by Gasteiger charge is 2.44. The van der Waals surface area contributed by atoms with Crippen molar-refractivity contribution >= 4 is 6.09 Å². The largest absolute Gasteiger partial charge is 0.494 e. The fraction of sp³-hybridized carbons (Fsp3) is 0.652. The number of aromatic nitrogens is 4. The lowest BCUT2D eigenvalue weighted by Gasteiger charge is -2.40. The standard InChI is InChI=1S/C23H31N5O3/c1-23(10-2-11-23)31-22(29)27-12-7-17(8-13-27)21-15-18(21)9-14-30-20-5-3-19(4-6-20)28-16-24-25-26-28/h3-6,16-18,21H,2,7-15H2,1H3/t18-,21?/m1/s1. The number of tetrazole rings is 1. The molecule has 8 nitrogen and oxygen atoms in total. The van der Waals surface area contributed by atoms with E-state index in [0.29, 0.717) is 0 Å². The smallest absolute Gasteiger partial charge is 0.410 e. The van der Waals surface area contributed by atoms with Gasteiger partial charge in [0.2, 0.25) is 0 Å². The molecule has 1 aromatic carbocycles. The maximum Gasteiger partial charge on any atom is 0.410 e. The lowest BCUT2D eigenvalue weighted by atomic mass is 9.82. The number of hydrogen-bond acceptors (Lipinski definition) is 6. The molecule has 1 aliphatic heterocycles. The van der Waals surface area contributed by atoms with Gasteiger partial charge in [0.05, 0.1) is 12.3 Å². The minimum absolute atomic E-state index is 0.104. The van der Waals surface area contributed by atoms with Crippen molar-refractivity contribution in [2.75, 3.05) is 19.7 Å². The van der Waals surface area contributed by atoms with Gasteiger partial charge in [-0.1, -0.05) is 0 Å². The van der Waals surface area contributed by atoms with Crippen LogP contribution in [0.5, 0.6) is 5.75 Å². The highest BCUT2D eigenvalue weighted by atomic mass is 16.6. The van der Waals surface area contributed by atoms with Crippen LogP contribution in [0.15, 0.2) is 30.6 Å². The Kier molecular flexibility index (Phi) is 5.54. The Labute approximate surface area is 182 Å². The molecule has 0 radical (unpaired) electrons. The number of benzene rings is 1. The highest BCUT2D eigenvalue weighted by molar-refractivity contribution is 5.68. The number of rotatable bonds is 7. The highest BCUT2D eigenvalue weighted by Crippen LogP contribution is 2.49. The monoisotopic (exact) mass is 425 g/mol. The van der Waals surface area contributed by atoms with Crippen molar-refractivity contribution in [2.24, 2.45) is 17.8 Å². The van der Waals surface area contributed by atoms with Crippen molar-refractivity contribution in [3.05, 3.63) is 30.6 Å². The second kappa shape index (κ2) is 8.48. The number of nitrogens with zero attached hydrogens (tertiary/aromatic N) is 5. The Balaban J connectivity index is 1.00. The van der Waals surface area contributed by atoms with Crippen molar-refractivity contribution in [3.63, 3.8) is 0 Å². The van der Waals surface area contributed by atoms with Gasteiger partial charge in [-0.3, -0.25) is 0 Å². The van der Waals surface area contributed by atoms with E-state index in [0.717, 1.165) is 81.0 Å². The summed E-state index contributed by atoms with van der Waals surface area (Å²) in [6, 6.07) is 7.83. The Hall–Kier alpha value is -2.64. The Morgan fingerprint density at radius 3 is 2.61 bits per heavy atom. The van der Waals surface area contributed by atoms with Crippen LogP contribution in [0.25, 0.3) is 5.69 Å². The first-order valence-electron chi connectivity index (χ1n) is 11.5. The lowest BCUT2D eigenvalue weighted by Crippen LogP contribution is -2.46. The van der Waals surface area contributed by atoms with Crippen molar-refractivity contribution in [3.8, 4) is 11.4 Å². The first kappa shape index (κ1) is 20.3. The van der Waals surface area contributed by atoms with E-state index >= 15 is 0 Å². The average Bonchev–Trinajstić information content (AvgIpc) is 3.32. The lowest BCUT2D eigenvalue weighted by molar-refractivity contribution is -0.0508. The molecular formula is C23H31N5O3. The second-order valence-corrected chi connectivity index (χ2v) is 9.54. The molecule has 1 aromatic heterocycles. The zero-order chi connectivity index (χ0) is 21.3. The Morgan fingerprint density at radius 1 is 1.19 bits per heavy atom. The molecule has 8 heteroatoms. The topological polar surface area (TPSA) is 82.4 Å². The van der Waals surface area contributed by atoms with Gasteiger partial charge in [0.1, 0.15) is 17.7 Å². The molecule has 0 N–H and O–H groups in total. The summed E-state index contributed by atoms with van der Waals surface area (Å²) in [4.78, 5) is 14.3. The number of piperidine rings is 1. The molecule has 1 amide bonds. The first-order chi connectivity index (χ1) is 15.1. The normalized spacial score (nSPS) is 25.0. The van der Waals surface area contributed by atoms with E-state index in [4.69, 9.17) is 9.47 Å². The molecule has 3 aliphatic rings. The predicted molar refractivity (Wildman–Crippen MR) is 114 cm³/mol. The molecule has 1 unspecified atom stereocenters. The van der Waals surface area contributed by atoms with Crippen molar-refractivity contribution in [1.29, 1.82) is 0 Å². The molecule has 2 atom stereocenters. The van der Waals surface area contributed by atoms with E-state index in [1.54, 1.807) is 11.0 Å². The fourth-order valence-electron chi connectivity index (χ4n) is 5.05. The van der Waals surface area contributed by atoms with Crippen LogP contribution < -0.4 is 4.74 Å². The molecule has 0 bridgehead atoms. The van der Waals surface area contributed by atoms with Crippen LogP contribution in [0.4, 0.5) is 4.79 Å². The first-order valence-corrected chi connectivity index (χ1v) is 11.5. The summed E-state index contributed by atoms with van der Waals surface area (Å²) in [5.74, 6) is 3.18. The molecule has 31 heavy (non-hydrogen) atoms. The molecule has 2 aliphatic carbocycles. The third-order valence-electron chi connectivity index (χ3n) is 7.33. The van der Waals surface area contributed by atoms with Crippen LogP contribution in [0.2, 0.25) is 0 Å². The van der Waals surface area contributed by atoms with Crippen LogP contribution >= 0.6 is 0 Å². The third kappa shape index (κ3) is 4.67. The summed E-state index contributed by atoms with van der Waals surface area (Å²) in [5.41, 5.74) is 0.709. The minimum atomic E-state index is -0.205. The molecule has 2 saturated carbocycles. The minimum Gasteiger partial charge on any atom is -0.494 e. The summed E-state index contributed by atoms with van der Waals surface area (Å²) < 4.78 is 13.3. The van der Waals surface area contributed by atoms with Gasteiger partial charge in [0.25, 0.3) is 0 Å². The van der Waals surface area contributed by atoms with Crippen molar-refractivity contribution < 1.29 is 14.3 Å². The van der Waals surface area contributed by atoms with Crippen LogP contribution in [0, 0.1) is 17.8 Å². The predicted octanol–water partition coefficient (Wildman–Crippen LogP) is 3.86. The van der Waals surface area contributed by atoms with E-state index in [1.165, 1.54) is 12.8 Å². The van der Waals surface area contributed by atoms with Gasteiger partial charge in [-0.05, 0) is 104 Å². The van der Waals surface area contributed by atoms with Gasteiger partial charge in [-0.15, -0.1) is 5.10 Å². The summed E-state index contributed by atoms with van der Waals surface area (Å²) in [7, 11) is 0. The summed E-state index contributed by atoms with van der Waals surface area (Å²) in [5, 5.41) is 11.2. The molecule has 1 saturated heterocycles. The van der Waals surface area contributed by atoms with Gasteiger partial charge in [0.15, 0.2) is 0 Å². The molecule has 3 fully saturated rings. The average molecular weight is 426 g/mol. The summed E-state index contributed by atoms with van der Waals surface area (Å²) in [6.45, 7) is 4.48. The Morgan fingerprint density at radius 2 is 1.97 bits per heavy atom. The van der Waals surface area contributed by atoms with Crippen molar-refractivity contribution in [1.82, 2.24) is 25.1 Å². The van der Waals surface area contributed by atoms with Gasteiger partial charge in [0, 0.05) is 13.1 Å². The van der Waals surface area contributed by atoms with Crippen LogP contribution in [-0.2, 0) is 4.74 Å². The van der Waals surface area contributed by atoms with Gasteiger partial charge < -0.3 is 14.4 Å². The van der Waals surface area contributed by atoms with Gasteiger partial charge >= 0.3 is 6.09 Å². The molecule has 5 rings (SSSR count). The van der Waals surface area contributed by atoms with E-state index < -0.39 is 0 Å². The van der Waals surface area contributed by atoms with E-state index in [2.05, 4.69) is 22.4 Å². The maximum absolute atomic E-state index is 12.4. The number of carbonyl (C=O) groups excluding carboxylic acids is 1. The van der Waals surface area contributed by atoms with E-state index in [9.17, 15) is 4.79 Å². The van der Waals surface area contributed by atoms with Gasteiger partial charge in [-0.25, -0.2) is 9.48 Å². The van der Waals surface area contributed by atoms with E-state index in [1.807, 2.05) is 29.2 Å². The third-order valence-corrected chi connectivity index (χ3v) is 7.33. The fourth-order valence-corrected chi connectivity index (χ4v) is 5.05. The molecule has 2 heterocycles. The zero-order valence-electron chi connectivity index (χ0n) is 18.2. The summed E-state index contributed by atoms with van der Waals surface area (Å²) in [6.07, 6.45) is 9.26. The van der Waals surface area contributed by atoms with Crippen LogP contribution in [-0.4, -0.2) is 56.5 Å². The van der Waals surface area contributed by atoms with Gasteiger partial charge in [-0.2, -0.15) is 0 Å². The zero-order valence-corrected chi connectivity index (χ0v) is 18.2.